The van der Waals surface area contributed by atoms with Crippen LogP contribution < -0.4 is 10.6 Å². The molecule has 0 aromatic heterocycles. The lowest BCUT2D eigenvalue weighted by Crippen LogP contribution is -2.26. The van der Waals surface area contributed by atoms with E-state index in [-0.39, 0.29) is 5.91 Å². The third-order valence-electron chi connectivity index (χ3n) is 1.09. The summed E-state index contributed by atoms with van der Waals surface area (Å²) in [6.07, 6.45) is 2.37. The molecule has 3 nitrogen and oxygen atoms in total. The number of carbonyl (C=O) groups excluding carboxylic acids is 1. The maximum atomic E-state index is 10.7. The molecule has 2 N–H and O–H groups in total. The van der Waals surface area contributed by atoms with E-state index >= 15 is 0 Å². The van der Waals surface area contributed by atoms with E-state index in [1.807, 2.05) is 6.26 Å². The monoisotopic (exact) mass is 192 g/mol. The molecule has 5 heteroatoms. The van der Waals surface area contributed by atoms with Crippen LogP contribution in [0.1, 0.15) is 6.42 Å². The average molecular weight is 192 g/mol. The number of rotatable bonds is 3. The van der Waals surface area contributed by atoms with Gasteiger partial charge >= 0.3 is 0 Å². The molecular weight excluding hydrogens is 180 g/mol. The van der Waals surface area contributed by atoms with Gasteiger partial charge in [0.25, 0.3) is 0 Å². The van der Waals surface area contributed by atoms with Crippen molar-refractivity contribution in [1.82, 2.24) is 10.6 Å². The summed E-state index contributed by atoms with van der Waals surface area (Å²) in [5.41, 5.74) is 0. The molecule has 64 valence electrons. The van der Waals surface area contributed by atoms with E-state index in [1.165, 1.54) is 11.8 Å². The van der Waals surface area contributed by atoms with Crippen molar-refractivity contribution in [2.24, 2.45) is 0 Å². The number of thioether (sulfide) groups is 1. The Labute approximate surface area is 76.3 Å². The molecule has 0 saturated carbocycles. The van der Waals surface area contributed by atoms with Crippen LogP contribution in [0, 0.1) is 0 Å². The molecule has 1 amide bonds. The molecular formula is C6H12N2OS2. The smallest absolute Gasteiger partial charge is 0.221 e. The molecule has 0 aromatic carbocycles. The van der Waals surface area contributed by atoms with E-state index in [0.717, 1.165) is 4.32 Å². The maximum absolute atomic E-state index is 10.7. The third kappa shape index (κ3) is 6.12. The van der Waals surface area contributed by atoms with E-state index in [9.17, 15) is 4.79 Å². The maximum Gasteiger partial charge on any atom is 0.221 e. The number of nitrogens with one attached hydrogen (secondary N) is 2. The average Bonchev–Trinajstić information content (AvgIpc) is 2.04. The fourth-order valence-corrected chi connectivity index (χ4v) is 0.824. The predicted octanol–water partition coefficient (Wildman–Crippen LogP) is 0.360. The number of thiocarbonyl (C=S) groups is 1. The van der Waals surface area contributed by atoms with E-state index in [1.54, 1.807) is 7.05 Å². The van der Waals surface area contributed by atoms with Gasteiger partial charge < -0.3 is 10.6 Å². The summed E-state index contributed by atoms with van der Waals surface area (Å²) >= 11 is 6.34. The normalized spacial score (nSPS) is 8.91. The predicted molar refractivity (Wildman–Crippen MR) is 52.8 cm³/mol. The highest BCUT2D eigenvalue weighted by atomic mass is 32.2. The Morgan fingerprint density at radius 3 is 2.73 bits per heavy atom. The second-order valence-electron chi connectivity index (χ2n) is 1.84. The van der Waals surface area contributed by atoms with Crippen molar-refractivity contribution in [1.29, 1.82) is 0 Å². The summed E-state index contributed by atoms with van der Waals surface area (Å²) in [6.45, 7) is 0.610. The molecule has 0 aliphatic rings. The number of carbonyl (C=O) groups is 1. The van der Waals surface area contributed by atoms with Gasteiger partial charge in [0.05, 0.1) is 0 Å². The fourth-order valence-electron chi connectivity index (χ4n) is 0.475. The lowest BCUT2D eigenvalue weighted by atomic mass is 10.4. The molecule has 11 heavy (non-hydrogen) atoms. The topological polar surface area (TPSA) is 41.1 Å². The van der Waals surface area contributed by atoms with Gasteiger partial charge in [-0.15, -0.1) is 11.8 Å². The largest absolute Gasteiger partial charge is 0.370 e. The van der Waals surface area contributed by atoms with Crippen LogP contribution in [0.4, 0.5) is 0 Å². The SMILES string of the molecule is CNC(=O)CCNC(=S)SC. The highest BCUT2D eigenvalue weighted by Crippen LogP contribution is 1.92. The van der Waals surface area contributed by atoms with Gasteiger partial charge in [0.15, 0.2) is 0 Å². The van der Waals surface area contributed by atoms with E-state index < -0.39 is 0 Å². The molecule has 0 saturated heterocycles. The molecule has 0 spiro atoms. The van der Waals surface area contributed by atoms with E-state index in [4.69, 9.17) is 12.2 Å². The first kappa shape index (κ1) is 10.7. The Kier molecular flexibility index (Phi) is 6.25. The fraction of sp³-hybridized carbons (Fsp3) is 0.667. The van der Waals surface area contributed by atoms with Gasteiger partial charge in [0.2, 0.25) is 5.91 Å². The standard InChI is InChI=1S/C6H12N2OS2/c1-7-5(9)3-4-8-6(10)11-2/h3-4H2,1-2H3,(H,7,9)(H,8,10). The molecule has 0 bridgehead atoms. The second kappa shape index (κ2) is 6.42. The van der Waals surface area contributed by atoms with Crippen LogP contribution in [0.25, 0.3) is 0 Å². The molecule has 0 aliphatic heterocycles. The molecule has 0 rings (SSSR count). The van der Waals surface area contributed by atoms with E-state index in [2.05, 4.69) is 10.6 Å². The minimum atomic E-state index is 0.0291. The van der Waals surface area contributed by atoms with Crippen molar-refractivity contribution >= 4 is 34.2 Å². The summed E-state index contributed by atoms with van der Waals surface area (Å²) < 4.78 is 0.730. The molecule has 0 heterocycles. The zero-order chi connectivity index (χ0) is 8.69. The van der Waals surface area contributed by atoms with Gasteiger partial charge in [-0.1, -0.05) is 12.2 Å². The first-order valence-corrected chi connectivity index (χ1v) is 4.86. The number of amides is 1. The van der Waals surface area contributed by atoms with E-state index in [0.29, 0.717) is 13.0 Å². The van der Waals surface area contributed by atoms with Gasteiger partial charge in [-0.25, -0.2) is 0 Å². The number of hydrogen-bond acceptors (Lipinski definition) is 3. The van der Waals surface area contributed by atoms with Crippen molar-refractivity contribution < 1.29 is 4.79 Å². The highest BCUT2D eigenvalue weighted by molar-refractivity contribution is 8.22. The quantitative estimate of drug-likeness (QED) is 0.634. The molecule has 0 atom stereocenters. The van der Waals surface area contributed by atoms with Gasteiger partial charge in [-0.3, -0.25) is 4.79 Å². The summed E-state index contributed by atoms with van der Waals surface area (Å²) in [5.74, 6) is 0.0291. The van der Waals surface area contributed by atoms with Crippen LogP contribution in [-0.2, 0) is 4.79 Å². The third-order valence-corrected chi connectivity index (χ3v) is 2.25. The summed E-state index contributed by atoms with van der Waals surface area (Å²) in [6, 6.07) is 0. The number of hydrogen-bond donors (Lipinski definition) is 2. The molecule has 0 radical (unpaired) electrons. The second-order valence-corrected chi connectivity index (χ2v) is 3.32. The van der Waals surface area contributed by atoms with Gasteiger partial charge in [-0.2, -0.15) is 0 Å². The first-order valence-electron chi connectivity index (χ1n) is 3.23. The molecule has 0 fully saturated rings. The zero-order valence-corrected chi connectivity index (χ0v) is 8.27. The van der Waals surface area contributed by atoms with Gasteiger partial charge in [0, 0.05) is 20.0 Å². The minimum Gasteiger partial charge on any atom is -0.370 e. The van der Waals surface area contributed by atoms with Gasteiger partial charge in [-0.05, 0) is 6.26 Å². The summed E-state index contributed by atoms with van der Waals surface area (Å²) in [4.78, 5) is 10.7. The summed E-state index contributed by atoms with van der Waals surface area (Å²) in [7, 11) is 1.62. The zero-order valence-electron chi connectivity index (χ0n) is 6.64. The highest BCUT2D eigenvalue weighted by Gasteiger charge is 1.97. The Morgan fingerprint density at radius 1 is 1.64 bits per heavy atom. The molecule has 0 aromatic rings. The lowest BCUT2D eigenvalue weighted by molar-refractivity contribution is -0.120. The van der Waals surface area contributed by atoms with Crippen molar-refractivity contribution in [2.75, 3.05) is 19.8 Å². The van der Waals surface area contributed by atoms with Crippen LogP contribution in [0.2, 0.25) is 0 Å². The van der Waals surface area contributed by atoms with Gasteiger partial charge in [0.1, 0.15) is 4.32 Å². The van der Waals surface area contributed by atoms with Crippen LogP contribution in [-0.4, -0.2) is 30.1 Å². The Bertz CT molecular complexity index is 134. The minimum absolute atomic E-state index is 0.0291. The van der Waals surface area contributed by atoms with Crippen molar-refractivity contribution in [3.63, 3.8) is 0 Å². The van der Waals surface area contributed by atoms with Crippen LogP contribution in [0.5, 0.6) is 0 Å². The Morgan fingerprint density at radius 2 is 2.27 bits per heavy atom. The first-order chi connectivity index (χ1) is 5.20. The molecule has 0 aliphatic carbocycles. The molecule has 0 unspecified atom stereocenters. The Balaban J connectivity index is 3.27. The van der Waals surface area contributed by atoms with Crippen LogP contribution in [0.15, 0.2) is 0 Å². The van der Waals surface area contributed by atoms with Crippen molar-refractivity contribution in [3.05, 3.63) is 0 Å². The summed E-state index contributed by atoms with van der Waals surface area (Å²) in [5, 5.41) is 5.46. The lowest BCUT2D eigenvalue weighted by Gasteiger charge is -2.03. The van der Waals surface area contributed by atoms with Crippen molar-refractivity contribution in [3.8, 4) is 0 Å². The van der Waals surface area contributed by atoms with Crippen molar-refractivity contribution in [2.45, 2.75) is 6.42 Å². The van der Waals surface area contributed by atoms with Crippen LogP contribution in [0.3, 0.4) is 0 Å². The Hall–Kier alpha value is -0.290. The van der Waals surface area contributed by atoms with Crippen LogP contribution >= 0.6 is 24.0 Å².